The minimum atomic E-state index is -0.999. The summed E-state index contributed by atoms with van der Waals surface area (Å²) in [5.41, 5.74) is 2.00. The highest BCUT2D eigenvalue weighted by atomic mass is 16.5. The summed E-state index contributed by atoms with van der Waals surface area (Å²) in [5.74, 6) is -0.590. The lowest BCUT2D eigenvalue weighted by Crippen LogP contribution is -2.51. The second-order valence-corrected chi connectivity index (χ2v) is 11.3. The Morgan fingerprint density at radius 1 is 0.864 bits per heavy atom. The first-order valence-electron chi connectivity index (χ1n) is 15.1. The molecule has 3 aromatic rings. The van der Waals surface area contributed by atoms with Gasteiger partial charge < -0.3 is 25.0 Å². The number of rotatable bonds is 9. The molecule has 9 heteroatoms. The monoisotopic (exact) mass is 597 g/mol. The summed E-state index contributed by atoms with van der Waals surface area (Å²) in [4.78, 5) is 54.5. The molecular formula is C35H39N3O6. The zero-order chi connectivity index (χ0) is 31.1. The summed E-state index contributed by atoms with van der Waals surface area (Å²) in [6, 6.07) is 24.4. The molecule has 1 aliphatic heterocycles. The number of hydrogen-bond donors (Lipinski definition) is 2. The molecule has 1 fully saturated rings. The van der Waals surface area contributed by atoms with Gasteiger partial charge in [-0.05, 0) is 54.5 Å². The van der Waals surface area contributed by atoms with Crippen LogP contribution >= 0.6 is 0 Å². The van der Waals surface area contributed by atoms with Gasteiger partial charge in [-0.2, -0.15) is 0 Å². The molecule has 0 spiro atoms. The minimum absolute atomic E-state index is 0.0414. The molecule has 44 heavy (non-hydrogen) atoms. The van der Waals surface area contributed by atoms with E-state index in [-0.39, 0.29) is 42.6 Å². The smallest absolute Gasteiger partial charge is 0.307 e. The van der Waals surface area contributed by atoms with E-state index >= 15 is 0 Å². The number of carbonyl (C=O) groups is 4. The van der Waals surface area contributed by atoms with Crippen LogP contribution < -0.4 is 15.4 Å². The van der Waals surface area contributed by atoms with Gasteiger partial charge in [-0.3, -0.25) is 19.2 Å². The Morgan fingerprint density at radius 3 is 2.27 bits per heavy atom. The predicted molar refractivity (Wildman–Crippen MR) is 165 cm³/mol. The van der Waals surface area contributed by atoms with E-state index in [0.717, 1.165) is 16.7 Å². The lowest BCUT2D eigenvalue weighted by atomic mass is 9.62. The van der Waals surface area contributed by atoms with E-state index in [9.17, 15) is 19.2 Å². The second kappa shape index (κ2) is 13.8. The van der Waals surface area contributed by atoms with Gasteiger partial charge in [0.15, 0.2) is 0 Å². The van der Waals surface area contributed by atoms with Crippen molar-refractivity contribution in [2.45, 2.75) is 49.5 Å². The Kier molecular flexibility index (Phi) is 9.62. The number of hydrogen-bond acceptors (Lipinski definition) is 6. The summed E-state index contributed by atoms with van der Waals surface area (Å²) >= 11 is 0. The molecule has 3 aromatic carbocycles. The highest BCUT2D eigenvalue weighted by molar-refractivity contribution is 5.97. The van der Waals surface area contributed by atoms with Gasteiger partial charge in [0, 0.05) is 25.7 Å². The summed E-state index contributed by atoms with van der Waals surface area (Å²) in [5, 5.41) is 6.07. The number of nitrogens with one attached hydrogen (secondary N) is 2. The molecule has 5 rings (SSSR count). The first kappa shape index (κ1) is 30.8. The largest absolute Gasteiger partial charge is 0.496 e. The maximum atomic E-state index is 14.0. The summed E-state index contributed by atoms with van der Waals surface area (Å²) in [6.45, 7) is 1.23. The van der Waals surface area contributed by atoms with E-state index in [1.807, 2.05) is 65.6 Å². The third kappa shape index (κ3) is 6.18. The van der Waals surface area contributed by atoms with Crippen molar-refractivity contribution in [3.8, 4) is 5.75 Å². The van der Waals surface area contributed by atoms with E-state index in [1.54, 1.807) is 25.3 Å². The topological polar surface area (TPSA) is 114 Å². The standard InChI is InChI=1S/C35H39N3O6/c1-43-30-15-9-7-13-28(30)32(40)37-25-18-22-38(23-19-25)33(41)27-16-20-35(24-10-4-3-5-11-24,29-14-8-6-12-26(27)29)34(42)36-21-17-31(39)44-2/h3-15,25,27H,16-23H2,1-2H3,(H,36,42)(H,37,40)/t27-,35+/m1/s1. The van der Waals surface area contributed by atoms with E-state index in [4.69, 9.17) is 9.47 Å². The SMILES string of the molecule is COC(=O)CCNC(=O)[C@]1(c2ccccc2)CC[C@@H](C(=O)N2CCC(NC(=O)c3ccccc3OC)CC2)c2ccccc21. The number of amides is 3. The van der Waals surface area contributed by atoms with E-state index < -0.39 is 11.4 Å². The molecular weight excluding hydrogens is 558 g/mol. The molecule has 1 aliphatic carbocycles. The highest BCUT2D eigenvalue weighted by Gasteiger charge is 2.48. The fourth-order valence-corrected chi connectivity index (χ4v) is 6.58. The molecule has 0 unspecified atom stereocenters. The zero-order valence-corrected chi connectivity index (χ0v) is 25.2. The van der Waals surface area contributed by atoms with Crippen LogP contribution in [0.25, 0.3) is 0 Å². The fraction of sp³-hybridized carbons (Fsp3) is 0.371. The van der Waals surface area contributed by atoms with Crippen LogP contribution in [0.4, 0.5) is 0 Å². The Labute approximate surface area is 257 Å². The number of likely N-dealkylation sites (tertiary alicyclic amines) is 1. The van der Waals surface area contributed by atoms with Crippen LogP contribution in [0.15, 0.2) is 78.9 Å². The fourth-order valence-electron chi connectivity index (χ4n) is 6.58. The van der Waals surface area contributed by atoms with Crippen molar-refractivity contribution >= 4 is 23.7 Å². The van der Waals surface area contributed by atoms with Crippen LogP contribution in [-0.2, 0) is 24.5 Å². The number of ether oxygens (including phenoxy) is 2. The average Bonchev–Trinajstić information content (AvgIpc) is 3.08. The number of piperidine rings is 1. The Bertz CT molecular complexity index is 1500. The Morgan fingerprint density at radius 2 is 1.55 bits per heavy atom. The highest BCUT2D eigenvalue weighted by Crippen LogP contribution is 2.48. The quantitative estimate of drug-likeness (QED) is 0.361. The molecule has 1 saturated heterocycles. The van der Waals surface area contributed by atoms with Crippen LogP contribution in [-0.4, -0.2) is 68.5 Å². The third-order valence-corrected chi connectivity index (χ3v) is 8.89. The molecule has 2 atom stereocenters. The molecule has 0 aromatic heterocycles. The van der Waals surface area contributed by atoms with Crippen molar-refractivity contribution in [1.82, 2.24) is 15.5 Å². The lowest BCUT2D eigenvalue weighted by molar-refractivity contribution is -0.140. The maximum absolute atomic E-state index is 14.0. The van der Waals surface area contributed by atoms with E-state index in [2.05, 4.69) is 10.6 Å². The number of methoxy groups -OCH3 is 2. The number of benzene rings is 3. The number of carbonyl (C=O) groups excluding carboxylic acids is 4. The van der Waals surface area contributed by atoms with Crippen molar-refractivity contribution in [3.63, 3.8) is 0 Å². The molecule has 3 amide bonds. The first-order chi connectivity index (χ1) is 21.4. The van der Waals surface area contributed by atoms with Crippen molar-refractivity contribution in [3.05, 3.63) is 101 Å². The normalized spacial score (nSPS) is 19.8. The molecule has 0 saturated carbocycles. The van der Waals surface area contributed by atoms with Crippen molar-refractivity contribution in [2.75, 3.05) is 33.9 Å². The number of nitrogens with zero attached hydrogens (tertiary/aromatic N) is 1. The molecule has 2 aliphatic rings. The van der Waals surface area contributed by atoms with Crippen LogP contribution in [0.5, 0.6) is 5.75 Å². The van der Waals surface area contributed by atoms with Crippen molar-refractivity contribution < 1.29 is 28.7 Å². The van der Waals surface area contributed by atoms with E-state index in [0.29, 0.717) is 50.1 Å². The maximum Gasteiger partial charge on any atom is 0.307 e. The Balaban J connectivity index is 1.32. The lowest BCUT2D eigenvalue weighted by Gasteiger charge is -2.42. The molecule has 9 nitrogen and oxygen atoms in total. The van der Waals surface area contributed by atoms with Gasteiger partial charge in [-0.25, -0.2) is 0 Å². The van der Waals surface area contributed by atoms with Gasteiger partial charge in [-0.1, -0.05) is 66.7 Å². The van der Waals surface area contributed by atoms with Gasteiger partial charge in [0.05, 0.1) is 37.5 Å². The predicted octanol–water partition coefficient (Wildman–Crippen LogP) is 3.96. The minimum Gasteiger partial charge on any atom is -0.496 e. The summed E-state index contributed by atoms with van der Waals surface area (Å²) in [7, 11) is 2.87. The summed E-state index contributed by atoms with van der Waals surface area (Å²) < 4.78 is 10.1. The van der Waals surface area contributed by atoms with Gasteiger partial charge in [-0.15, -0.1) is 0 Å². The molecule has 0 radical (unpaired) electrons. The molecule has 230 valence electrons. The second-order valence-electron chi connectivity index (χ2n) is 11.3. The van der Waals surface area contributed by atoms with E-state index in [1.165, 1.54) is 7.11 Å². The van der Waals surface area contributed by atoms with Crippen molar-refractivity contribution in [1.29, 1.82) is 0 Å². The van der Waals surface area contributed by atoms with Crippen molar-refractivity contribution in [2.24, 2.45) is 0 Å². The third-order valence-electron chi connectivity index (χ3n) is 8.89. The number of esters is 1. The van der Waals surface area contributed by atoms with Crippen LogP contribution in [0, 0.1) is 0 Å². The van der Waals surface area contributed by atoms with Gasteiger partial charge >= 0.3 is 5.97 Å². The summed E-state index contributed by atoms with van der Waals surface area (Å²) in [6.07, 6.45) is 2.32. The van der Waals surface area contributed by atoms with Crippen LogP contribution in [0.1, 0.15) is 65.1 Å². The van der Waals surface area contributed by atoms with Crippen LogP contribution in [0.2, 0.25) is 0 Å². The van der Waals surface area contributed by atoms with Crippen LogP contribution in [0.3, 0.4) is 0 Å². The zero-order valence-electron chi connectivity index (χ0n) is 25.2. The average molecular weight is 598 g/mol. The number of para-hydroxylation sites is 1. The number of fused-ring (bicyclic) bond motifs is 1. The van der Waals surface area contributed by atoms with Gasteiger partial charge in [0.2, 0.25) is 11.8 Å². The molecule has 1 heterocycles. The van der Waals surface area contributed by atoms with Gasteiger partial charge in [0.1, 0.15) is 5.75 Å². The molecule has 0 bridgehead atoms. The van der Waals surface area contributed by atoms with Gasteiger partial charge in [0.25, 0.3) is 5.91 Å². The Hall–Kier alpha value is -4.66. The molecule has 2 N–H and O–H groups in total. The first-order valence-corrected chi connectivity index (χ1v) is 15.1.